The fraction of sp³-hybridized carbons (Fsp3) is 0.269. The van der Waals surface area contributed by atoms with Crippen molar-refractivity contribution in [2.75, 3.05) is 35.7 Å². The topological polar surface area (TPSA) is 95.6 Å². The maximum Gasteiger partial charge on any atom is 0.416 e. The predicted molar refractivity (Wildman–Crippen MR) is 134 cm³/mol. The summed E-state index contributed by atoms with van der Waals surface area (Å²) in [5, 5.41) is 7.70. The van der Waals surface area contributed by atoms with Crippen LogP contribution in [-0.2, 0) is 6.18 Å². The molecule has 0 spiro atoms. The van der Waals surface area contributed by atoms with Crippen LogP contribution >= 0.6 is 0 Å². The quantitative estimate of drug-likeness (QED) is 0.382. The zero-order valence-corrected chi connectivity index (χ0v) is 20.1. The molecule has 0 aliphatic carbocycles. The first kappa shape index (κ1) is 25.8. The van der Waals surface area contributed by atoms with Crippen molar-refractivity contribution >= 4 is 29.0 Å². The molecule has 1 aliphatic heterocycles. The van der Waals surface area contributed by atoms with Gasteiger partial charge in [-0.2, -0.15) is 13.2 Å². The molecule has 2 heterocycles. The van der Waals surface area contributed by atoms with Crippen molar-refractivity contribution in [3.63, 3.8) is 0 Å². The number of urea groups is 1. The largest absolute Gasteiger partial charge is 0.457 e. The van der Waals surface area contributed by atoms with E-state index in [-0.39, 0.29) is 17.3 Å². The third-order valence-corrected chi connectivity index (χ3v) is 5.81. The van der Waals surface area contributed by atoms with Crippen molar-refractivity contribution in [3.8, 4) is 11.5 Å². The third-order valence-electron chi connectivity index (χ3n) is 5.81. The number of carbonyl (C=O) groups excluding carboxylic acids is 2. The lowest BCUT2D eigenvalue weighted by atomic mass is 10.1. The highest BCUT2D eigenvalue weighted by Crippen LogP contribution is 2.36. The first-order chi connectivity index (χ1) is 17.7. The van der Waals surface area contributed by atoms with Crippen LogP contribution in [0.2, 0.25) is 0 Å². The summed E-state index contributed by atoms with van der Waals surface area (Å²) in [6.45, 7) is 1.43. The summed E-state index contributed by atoms with van der Waals surface area (Å²) in [5.74, 6) is 0.507. The number of anilines is 3. The van der Waals surface area contributed by atoms with Gasteiger partial charge in [0.2, 0.25) is 0 Å². The van der Waals surface area contributed by atoms with Crippen molar-refractivity contribution in [1.82, 2.24) is 10.3 Å². The molecule has 0 unspecified atom stereocenters. The monoisotopic (exact) mass is 513 g/mol. The minimum absolute atomic E-state index is 0.0961. The molecule has 3 N–H and O–H groups in total. The second kappa shape index (κ2) is 11.2. The fourth-order valence-electron chi connectivity index (χ4n) is 3.98. The first-order valence-electron chi connectivity index (χ1n) is 11.7. The molecular formula is C26H26F3N5O3. The number of ether oxygens (including phenoxy) is 1. The van der Waals surface area contributed by atoms with Crippen molar-refractivity contribution in [3.05, 3.63) is 72.1 Å². The van der Waals surface area contributed by atoms with E-state index < -0.39 is 17.8 Å². The van der Waals surface area contributed by atoms with Crippen molar-refractivity contribution in [1.29, 1.82) is 0 Å². The summed E-state index contributed by atoms with van der Waals surface area (Å²) < 4.78 is 45.7. The molecule has 1 fully saturated rings. The summed E-state index contributed by atoms with van der Waals surface area (Å²) >= 11 is 0. The van der Waals surface area contributed by atoms with Crippen LogP contribution in [0, 0.1) is 0 Å². The van der Waals surface area contributed by atoms with E-state index >= 15 is 0 Å². The number of amides is 3. The lowest BCUT2D eigenvalue weighted by molar-refractivity contribution is -0.137. The number of hydrogen-bond donors (Lipinski definition) is 3. The lowest BCUT2D eigenvalue weighted by Crippen LogP contribution is -2.31. The first-order valence-corrected chi connectivity index (χ1v) is 11.7. The number of nitrogens with zero attached hydrogens (tertiary/aromatic N) is 2. The van der Waals surface area contributed by atoms with Crippen molar-refractivity contribution in [2.24, 2.45) is 0 Å². The van der Waals surface area contributed by atoms with Crippen LogP contribution in [0.4, 0.5) is 35.0 Å². The SMILES string of the molecule is CNC(=O)c1cc(Oc2ccc(NC(=O)Nc3cc(C(F)(F)F)ccc3N3CCCCC3)cc2)ccn1. The molecular weight excluding hydrogens is 487 g/mol. The molecule has 0 bridgehead atoms. The normalized spacial score (nSPS) is 13.6. The van der Waals surface area contributed by atoms with E-state index in [0.29, 0.717) is 36.0 Å². The van der Waals surface area contributed by atoms with Crippen LogP contribution in [0.1, 0.15) is 35.3 Å². The number of hydrogen-bond acceptors (Lipinski definition) is 5. The van der Waals surface area contributed by atoms with Crippen LogP contribution in [0.15, 0.2) is 60.8 Å². The van der Waals surface area contributed by atoms with E-state index in [1.54, 1.807) is 30.3 Å². The Kier molecular flexibility index (Phi) is 7.80. The van der Waals surface area contributed by atoms with Gasteiger partial charge in [-0.3, -0.25) is 9.78 Å². The molecule has 3 aromatic rings. The van der Waals surface area contributed by atoms with E-state index in [0.717, 1.165) is 31.4 Å². The summed E-state index contributed by atoms with van der Waals surface area (Å²) in [4.78, 5) is 30.4. The lowest BCUT2D eigenvalue weighted by Gasteiger charge is -2.31. The van der Waals surface area contributed by atoms with Gasteiger partial charge in [-0.05, 0) is 67.8 Å². The number of piperidine rings is 1. The van der Waals surface area contributed by atoms with E-state index in [1.165, 1.54) is 25.4 Å². The van der Waals surface area contributed by atoms with Crippen LogP contribution in [-0.4, -0.2) is 37.1 Å². The summed E-state index contributed by atoms with van der Waals surface area (Å²) in [5.41, 5.74) is 0.435. The molecule has 0 atom stereocenters. The highest BCUT2D eigenvalue weighted by Gasteiger charge is 2.32. The smallest absolute Gasteiger partial charge is 0.416 e. The van der Waals surface area contributed by atoms with Gasteiger partial charge in [0.25, 0.3) is 5.91 Å². The second-order valence-electron chi connectivity index (χ2n) is 8.44. The maximum atomic E-state index is 13.3. The number of halogens is 3. The molecule has 4 rings (SSSR count). The van der Waals surface area contributed by atoms with Gasteiger partial charge in [0.15, 0.2) is 0 Å². The Balaban J connectivity index is 1.44. The van der Waals surface area contributed by atoms with Crippen LogP contribution in [0.25, 0.3) is 0 Å². The summed E-state index contributed by atoms with van der Waals surface area (Å²) in [7, 11) is 1.50. The van der Waals surface area contributed by atoms with Crippen LogP contribution in [0.5, 0.6) is 11.5 Å². The van der Waals surface area contributed by atoms with E-state index in [1.807, 2.05) is 4.90 Å². The number of benzene rings is 2. The highest BCUT2D eigenvalue weighted by molar-refractivity contribution is 6.02. The Labute approximate surface area is 211 Å². The van der Waals surface area contributed by atoms with Gasteiger partial charge in [-0.25, -0.2) is 4.79 Å². The number of carbonyl (C=O) groups is 2. The molecule has 8 nitrogen and oxygen atoms in total. The van der Waals surface area contributed by atoms with Gasteiger partial charge < -0.3 is 25.6 Å². The van der Waals surface area contributed by atoms with Gasteiger partial charge in [0.1, 0.15) is 17.2 Å². The van der Waals surface area contributed by atoms with Gasteiger partial charge in [0, 0.05) is 38.1 Å². The zero-order chi connectivity index (χ0) is 26.4. The molecule has 194 valence electrons. The molecule has 0 saturated carbocycles. The van der Waals surface area contributed by atoms with E-state index in [2.05, 4.69) is 20.9 Å². The predicted octanol–water partition coefficient (Wildman–Crippen LogP) is 5.89. The molecule has 11 heteroatoms. The minimum Gasteiger partial charge on any atom is -0.457 e. The average Bonchev–Trinajstić information content (AvgIpc) is 2.89. The van der Waals surface area contributed by atoms with Gasteiger partial charge >= 0.3 is 12.2 Å². The molecule has 2 aromatic carbocycles. The maximum absolute atomic E-state index is 13.3. The second-order valence-corrected chi connectivity index (χ2v) is 8.44. The number of alkyl halides is 3. The molecule has 37 heavy (non-hydrogen) atoms. The summed E-state index contributed by atoms with van der Waals surface area (Å²) in [6.07, 6.45) is -0.136. The molecule has 1 saturated heterocycles. The summed E-state index contributed by atoms with van der Waals surface area (Å²) in [6, 6.07) is 12.2. The number of rotatable bonds is 6. The van der Waals surface area contributed by atoms with Gasteiger partial charge in [-0.15, -0.1) is 0 Å². The number of nitrogens with one attached hydrogen (secondary N) is 3. The molecule has 1 aliphatic rings. The number of pyridine rings is 1. The van der Waals surface area contributed by atoms with Crippen LogP contribution < -0.4 is 25.6 Å². The third kappa shape index (κ3) is 6.69. The van der Waals surface area contributed by atoms with Gasteiger partial charge in [-0.1, -0.05) is 0 Å². The Morgan fingerprint density at radius 2 is 1.65 bits per heavy atom. The van der Waals surface area contributed by atoms with Gasteiger partial charge in [0.05, 0.1) is 16.9 Å². The average molecular weight is 514 g/mol. The minimum atomic E-state index is -4.53. The Morgan fingerprint density at radius 3 is 2.32 bits per heavy atom. The Hall–Kier alpha value is -4.28. The Bertz CT molecular complexity index is 1260. The molecule has 3 amide bonds. The van der Waals surface area contributed by atoms with E-state index in [9.17, 15) is 22.8 Å². The fourth-order valence-corrected chi connectivity index (χ4v) is 3.98. The van der Waals surface area contributed by atoms with E-state index in [4.69, 9.17) is 4.74 Å². The molecule has 1 aromatic heterocycles. The standard InChI is InChI=1S/C26H26F3N5O3/c1-30-24(35)22-16-20(11-12-31-22)37-19-8-6-18(7-9-19)32-25(36)33-21-15-17(26(27,28)29)5-10-23(21)34-13-3-2-4-14-34/h5-12,15-16H,2-4,13-14H2,1H3,(H,30,35)(H2,32,33,36). The molecule has 0 radical (unpaired) electrons. The van der Waals surface area contributed by atoms with Crippen LogP contribution in [0.3, 0.4) is 0 Å². The van der Waals surface area contributed by atoms with Crippen molar-refractivity contribution in [2.45, 2.75) is 25.4 Å². The zero-order valence-electron chi connectivity index (χ0n) is 20.1. The van der Waals surface area contributed by atoms with Crippen molar-refractivity contribution < 1.29 is 27.5 Å². The highest BCUT2D eigenvalue weighted by atomic mass is 19.4. The number of aromatic nitrogens is 1. The Morgan fingerprint density at radius 1 is 0.919 bits per heavy atom.